The Hall–Kier alpha value is -1.13. The minimum atomic E-state index is -0.0409. The number of aryl methyl sites for hydroxylation is 1. The van der Waals surface area contributed by atoms with Crippen molar-refractivity contribution in [3.05, 3.63) is 23.4 Å². The van der Waals surface area contributed by atoms with Crippen molar-refractivity contribution < 1.29 is 14.6 Å². The van der Waals surface area contributed by atoms with Crippen molar-refractivity contribution in [3.63, 3.8) is 0 Å². The Morgan fingerprint density at radius 3 is 2.72 bits per heavy atom. The Morgan fingerprint density at radius 1 is 1.33 bits per heavy atom. The van der Waals surface area contributed by atoms with Crippen molar-refractivity contribution in [2.24, 2.45) is 0 Å². The van der Waals surface area contributed by atoms with E-state index < -0.39 is 0 Å². The number of ether oxygens (including phenoxy) is 2. The Bertz CT molecular complexity index is 355. The third-order valence-corrected chi connectivity index (χ3v) is 2.48. The van der Waals surface area contributed by atoms with Gasteiger partial charge < -0.3 is 14.6 Å². The van der Waals surface area contributed by atoms with Crippen molar-refractivity contribution in [2.45, 2.75) is 46.3 Å². The van der Waals surface area contributed by atoms with Crippen molar-refractivity contribution in [3.8, 4) is 5.88 Å². The van der Waals surface area contributed by atoms with Gasteiger partial charge in [0, 0.05) is 18.4 Å². The van der Waals surface area contributed by atoms with Gasteiger partial charge in [0.15, 0.2) is 0 Å². The molecule has 1 heterocycles. The second-order valence-corrected chi connectivity index (χ2v) is 4.30. The monoisotopic (exact) mass is 253 g/mol. The van der Waals surface area contributed by atoms with E-state index in [2.05, 4.69) is 11.9 Å². The molecule has 1 rings (SSSR count). The fourth-order valence-corrected chi connectivity index (χ4v) is 1.68. The van der Waals surface area contributed by atoms with Crippen LogP contribution in [0, 0.1) is 0 Å². The van der Waals surface area contributed by atoms with Crippen LogP contribution in [0.25, 0.3) is 0 Å². The van der Waals surface area contributed by atoms with Gasteiger partial charge in [-0.2, -0.15) is 0 Å². The maximum absolute atomic E-state index is 9.22. The van der Waals surface area contributed by atoms with Crippen LogP contribution in [0.3, 0.4) is 0 Å². The molecule has 1 unspecified atom stereocenters. The summed E-state index contributed by atoms with van der Waals surface area (Å²) in [5, 5.41) is 9.22. The molecule has 0 fully saturated rings. The van der Waals surface area contributed by atoms with Gasteiger partial charge in [-0.05, 0) is 31.9 Å². The summed E-state index contributed by atoms with van der Waals surface area (Å²) in [4.78, 5) is 4.43. The van der Waals surface area contributed by atoms with E-state index in [1.165, 1.54) is 0 Å². The van der Waals surface area contributed by atoms with Crippen LogP contribution in [-0.2, 0) is 17.8 Å². The quantitative estimate of drug-likeness (QED) is 0.772. The fraction of sp³-hybridized carbons (Fsp3) is 0.643. The van der Waals surface area contributed by atoms with Crippen LogP contribution < -0.4 is 4.74 Å². The normalized spacial score (nSPS) is 12.4. The van der Waals surface area contributed by atoms with Gasteiger partial charge in [0.25, 0.3) is 0 Å². The first-order chi connectivity index (χ1) is 8.69. The number of aromatic nitrogens is 1. The van der Waals surface area contributed by atoms with E-state index in [1.807, 2.05) is 19.9 Å². The third kappa shape index (κ3) is 5.02. The molecule has 0 saturated heterocycles. The Balaban J connectivity index is 2.71. The van der Waals surface area contributed by atoms with Crippen LogP contribution in [0.2, 0.25) is 0 Å². The van der Waals surface area contributed by atoms with Gasteiger partial charge in [-0.15, -0.1) is 0 Å². The van der Waals surface area contributed by atoms with Crippen LogP contribution in [0.1, 0.15) is 38.4 Å². The summed E-state index contributed by atoms with van der Waals surface area (Å²) < 4.78 is 11.0. The zero-order chi connectivity index (χ0) is 13.4. The fourth-order valence-electron chi connectivity index (χ4n) is 1.68. The van der Waals surface area contributed by atoms with E-state index in [4.69, 9.17) is 9.47 Å². The summed E-state index contributed by atoms with van der Waals surface area (Å²) in [6.07, 6.45) is 1.88. The van der Waals surface area contributed by atoms with Gasteiger partial charge in [-0.3, -0.25) is 0 Å². The lowest BCUT2D eigenvalue weighted by molar-refractivity contribution is 0.0631. The minimum absolute atomic E-state index is 0.00936. The molecule has 0 aliphatic rings. The van der Waals surface area contributed by atoms with Gasteiger partial charge in [0.05, 0.1) is 13.2 Å². The lowest BCUT2D eigenvalue weighted by Gasteiger charge is -2.15. The molecule has 1 atom stereocenters. The van der Waals surface area contributed by atoms with Gasteiger partial charge in [0.1, 0.15) is 6.10 Å². The highest BCUT2D eigenvalue weighted by atomic mass is 16.5. The highest BCUT2D eigenvalue weighted by Crippen LogP contribution is 2.15. The predicted molar refractivity (Wildman–Crippen MR) is 70.7 cm³/mol. The molecule has 0 saturated carbocycles. The second kappa shape index (κ2) is 8.06. The average molecular weight is 253 g/mol. The van der Waals surface area contributed by atoms with Gasteiger partial charge in [0.2, 0.25) is 5.88 Å². The summed E-state index contributed by atoms with van der Waals surface area (Å²) in [5.41, 5.74) is 1.80. The van der Waals surface area contributed by atoms with E-state index in [9.17, 15) is 5.11 Å². The summed E-state index contributed by atoms with van der Waals surface area (Å²) in [5.74, 6) is 0.567. The smallest absolute Gasteiger partial charge is 0.214 e. The Morgan fingerprint density at radius 2 is 2.11 bits per heavy atom. The molecule has 1 aromatic heterocycles. The minimum Gasteiger partial charge on any atom is -0.472 e. The SMILES string of the molecule is CCCc1cc(CO)cc(OC(C)COCC)n1. The first-order valence-electron chi connectivity index (χ1n) is 6.54. The second-order valence-electron chi connectivity index (χ2n) is 4.30. The maximum Gasteiger partial charge on any atom is 0.214 e. The van der Waals surface area contributed by atoms with Crippen molar-refractivity contribution >= 4 is 0 Å². The highest BCUT2D eigenvalue weighted by Gasteiger charge is 2.08. The molecular formula is C14H23NO3. The van der Waals surface area contributed by atoms with Crippen molar-refractivity contribution in [1.82, 2.24) is 4.98 Å². The number of rotatable bonds is 8. The molecule has 1 N–H and O–H groups in total. The largest absolute Gasteiger partial charge is 0.472 e. The lowest BCUT2D eigenvalue weighted by atomic mass is 10.2. The number of aliphatic hydroxyl groups excluding tert-OH is 1. The standard InChI is InChI=1S/C14H23NO3/c1-4-6-13-7-12(9-16)8-14(15-13)18-11(3)10-17-5-2/h7-8,11,16H,4-6,9-10H2,1-3H3. The topological polar surface area (TPSA) is 51.6 Å². The molecule has 0 aliphatic carbocycles. The van der Waals surface area contributed by atoms with Gasteiger partial charge >= 0.3 is 0 Å². The zero-order valence-corrected chi connectivity index (χ0v) is 11.5. The number of nitrogens with zero attached hydrogens (tertiary/aromatic N) is 1. The number of hydrogen-bond donors (Lipinski definition) is 1. The van der Waals surface area contributed by atoms with Crippen LogP contribution >= 0.6 is 0 Å². The van der Waals surface area contributed by atoms with Crippen molar-refractivity contribution in [2.75, 3.05) is 13.2 Å². The molecule has 0 spiro atoms. The summed E-state index contributed by atoms with van der Waals surface area (Å²) in [6, 6.07) is 3.70. The maximum atomic E-state index is 9.22. The zero-order valence-electron chi connectivity index (χ0n) is 11.5. The molecule has 0 aromatic carbocycles. The molecule has 4 heteroatoms. The van der Waals surface area contributed by atoms with E-state index in [1.54, 1.807) is 6.07 Å². The summed E-state index contributed by atoms with van der Waals surface area (Å²) in [7, 11) is 0. The first kappa shape index (κ1) is 14.9. The first-order valence-corrected chi connectivity index (χ1v) is 6.54. The highest BCUT2D eigenvalue weighted by molar-refractivity contribution is 5.25. The van der Waals surface area contributed by atoms with Crippen LogP contribution in [-0.4, -0.2) is 29.4 Å². The van der Waals surface area contributed by atoms with Crippen LogP contribution in [0.5, 0.6) is 5.88 Å². The lowest BCUT2D eigenvalue weighted by Crippen LogP contribution is -2.20. The number of hydrogen-bond acceptors (Lipinski definition) is 4. The molecule has 0 amide bonds. The number of aliphatic hydroxyl groups is 1. The predicted octanol–water partition coefficient (Wildman–Crippen LogP) is 2.33. The molecule has 1 aromatic rings. The van der Waals surface area contributed by atoms with E-state index in [-0.39, 0.29) is 12.7 Å². The Kier molecular flexibility index (Phi) is 6.68. The van der Waals surface area contributed by atoms with Crippen LogP contribution in [0.15, 0.2) is 12.1 Å². The summed E-state index contributed by atoms with van der Waals surface area (Å²) >= 11 is 0. The summed E-state index contributed by atoms with van der Waals surface area (Å²) in [6.45, 7) is 7.24. The molecule has 0 radical (unpaired) electrons. The van der Waals surface area contributed by atoms with Crippen LogP contribution in [0.4, 0.5) is 0 Å². The molecule has 102 valence electrons. The van der Waals surface area contributed by atoms with E-state index in [0.717, 1.165) is 24.1 Å². The number of pyridine rings is 1. The molecular weight excluding hydrogens is 230 g/mol. The van der Waals surface area contributed by atoms with Gasteiger partial charge in [-0.25, -0.2) is 4.98 Å². The third-order valence-electron chi connectivity index (χ3n) is 2.48. The van der Waals surface area contributed by atoms with Gasteiger partial charge in [-0.1, -0.05) is 13.3 Å². The molecule has 0 bridgehead atoms. The molecule has 18 heavy (non-hydrogen) atoms. The van der Waals surface area contributed by atoms with Crippen molar-refractivity contribution in [1.29, 1.82) is 0 Å². The van der Waals surface area contributed by atoms with E-state index >= 15 is 0 Å². The van der Waals surface area contributed by atoms with E-state index in [0.29, 0.717) is 19.1 Å². The molecule has 0 aliphatic heterocycles. The average Bonchev–Trinajstić information content (AvgIpc) is 2.36. The Labute approximate surface area is 109 Å². The molecule has 4 nitrogen and oxygen atoms in total.